The number of carboxylic acids is 1. The average molecular weight is 543 g/mol. The van der Waals surface area contributed by atoms with Gasteiger partial charge in [-0.25, -0.2) is 17.6 Å². The van der Waals surface area contributed by atoms with E-state index in [4.69, 9.17) is 0 Å². The minimum Gasteiger partial charge on any atom is -0.481 e. The van der Waals surface area contributed by atoms with Gasteiger partial charge in [0, 0.05) is 24.2 Å². The third-order valence-corrected chi connectivity index (χ3v) is 6.15. The lowest BCUT2D eigenvalue weighted by atomic mass is 10.0. The van der Waals surface area contributed by atoms with Gasteiger partial charge in [-0.05, 0) is 60.2 Å². The zero-order valence-electron chi connectivity index (χ0n) is 20.1. The van der Waals surface area contributed by atoms with Gasteiger partial charge in [0.05, 0.1) is 12.5 Å². The second kappa shape index (κ2) is 11.3. The maximum atomic E-state index is 13.8. The van der Waals surface area contributed by atoms with Gasteiger partial charge >= 0.3 is 5.97 Å². The van der Waals surface area contributed by atoms with Crippen LogP contribution in [0, 0.1) is 23.3 Å². The molecule has 3 aromatic rings. The highest BCUT2D eigenvalue weighted by Gasteiger charge is 2.44. The Labute approximate surface area is 219 Å². The van der Waals surface area contributed by atoms with Crippen LogP contribution < -0.4 is 5.32 Å². The molecule has 1 saturated heterocycles. The first kappa shape index (κ1) is 27.3. The van der Waals surface area contributed by atoms with E-state index >= 15 is 0 Å². The highest BCUT2D eigenvalue weighted by molar-refractivity contribution is 6.02. The highest BCUT2D eigenvalue weighted by atomic mass is 19.2. The fourth-order valence-electron chi connectivity index (χ4n) is 4.26. The van der Waals surface area contributed by atoms with E-state index in [1.54, 1.807) is 0 Å². The molecule has 39 heavy (non-hydrogen) atoms. The minimum atomic E-state index is -1.63. The monoisotopic (exact) mass is 543 g/mol. The summed E-state index contributed by atoms with van der Waals surface area (Å²) in [6, 6.07) is 10.4. The Morgan fingerprint density at radius 1 is 0.769 bits per heavy atom. The van der Waals surface area contributed by atoms with Gasteiger partial charge in [0.2, 0.25) is 0 Å². The van der Waals surface area contributed by atoms with Crippen molar-refractivity contribution in [3.05, 3.63) is 107 Å². The molecule has 0 aromatic heterocycles. The zero-order chi connectivity index (χ0) is 28.3. The summed E-state index contributed by atoms with van der Waals surface area (Å²) in [4.78, 5) is 53.7. The fourth-order valence-corrected chi connectivity index (χ4v) is 4.26. The van der Waals surface area contributed by atoms with Gasteiger partial charge in [-0.1, -0.05) is 12.1 Å². The van der Waals surface area contributed by atoms with Crippen LogP contribution in [0.25, 0.3) is 0 Å². The Balaban J connectivity index is 1.69. The van der Waals surface area contributed by atoms with Crippen molar-refractivity contribution < 1.29 is 41.8 Å². The first-order valence-electron chi connectivity index (χ1n) is 11.7. The highest BCUT2D eigenvalue weighted by Crippen LogP contribution is 2.24. The summed E-state index contributed by atoms with van der Waals surface area (Å²) in [6.07, 6.45) is -2.23. The fraction of sp³-hybridized carbons (Fsp3) is 0.185. The molecule has 1 aliphatic rings. The summed E-state index contributed by atoms with van der Waals surface area (Å²) in [5.41, 5.74) is -0.0274. The smallest absolute Gasteiger partial charge is 0.305 e. The quantitative estimate of drug-likeness (QED) is 0.444. The van der Waals surface area contributed by atoms with Crippen LogP contribution >= 0.6 is 0 Å². The Bertz CT molecular complexity index is 1420. The number of rotatable bonds is 7. The second-order valence-corrected chi connectivity index (χ2v) is 8.72. The Morgan fingerprint density at radius 3 is 1.82 bits per heavy atom. The zero-order valence-corrected chi connectivity index (χ0v) is 20.1. The summed E-state index contributed by atoms with van der Waals surface area (Å²) in [6.45, 7) is -0.327. The molecule has 2 atom stereocenters. The Kier molecular flexibility index (Phi) is 7.93. The molecule has 202 valence electrons. The van der Waals surface area contributed by atoms with Crippen LogP contribution in [0.2, 0.25) is 0 Å². The molecule has 0 bridgehead atoms. The van der Waals surface area contributed by atoms with Crippen molar-refractivity contribution in [2.45, 2.75) is 18.6 Å². The van der Waals surface area contributed by atoms with E-state index < -0.39 is 65.6 Å². The molecule has 2 N–H and O–H groups in total. The summed E-state index contributed by atoms with van der Waals surface area (Å²) >= 11 is 0. The number of hydrogen-bond donors (Lipinski definition) is 2. The third kappa shape index (κ3) is 6.06. The predicted octanol–water partition coefficient (Wildman–Crippen LogP) is 3.50. The molecular formula is C27H21F4N3O5. The van der Waals surface area contributed by atoms with Crippen molar-refractivity contribution in [3.8, 4) is 0 Å². The summed E-state index contributed by atoms with van der Waals surface area (Å²) in [5.74, 6) is -7.53. The van der Waals surface area contributed by atoms with Crippen LogP contribution in [0.15, 0.2) is 66.7 Å². The standard InChI is InChI=1S/C27H21F4N3O5/c28-18-6-1-15(2-7-18)22(14-23(35)36)32-24(37)25-33(26(38)16-3-8-19(29)9-4-16)11-12-34(25)27(39)17-5-10-20(30)21(31)13-17/h1-10,13,22,25H,11-12,14H2,(H,32,37)(H,35,36). The van der Waals surface area contributed by atoms with Gasteiger partial charge in [0.25, 0.3) is 17.7 Å². The van der Waals surface area contributed by atoms with E-state index in [1.807, 2.05) is 0 Å². The number of benzene rings is 3. The van der Waals surface area contributed by atoms with E-state index in [0.717, 1.165) is 46.2 Å². The Hall–Kier alpha value is -4.74. The number of aliphatic carboxylic acids is 1. The lowest BCUT2D eigenvalue weighted by Crippen LogP contribution is -2.54. The molecule has 0 saturated carbocycles. The van der Waals surface area contributed by atoms with Crippen molar-refractivity contribution in [1.82, 2.24) is 15.1 Å². The van der Waals surface area contributed by atoms with Crippen molar-refractivity contribution in [2.24, 2.45) is 0 Å². The van der Waals surface area contributed by atoms with Gasteiger partial charge in [0.15, 0.2) is 17.8 Å². The second-order valence-electron chi connectivity index (χ2n) is 8.72. The topological polar surface area (TPSA) is 107 Å². The van der Waals surface area contributed by atoms with Crippen LogP contribution in [-0.2, 0) is 9.59 Å². The minimum absolute atomic E-state index is 0.0111. The molecule has 1 aliphatic heterocycles. The SMILES string of the molecule is O=C(O)CC(NC(=O)C1N(C(=O)c2ccc(F)cc2)CCN1C(=O)c1ccc(F)c(F)c1)c1ccc(F)cc1. The van der Waals surface area contributed by atoms with E-state index in [9.17, 15) is 41.8 Å². The number of carboxylic acid groups (broad SMARTS) is 1. The maximum Gasteiger partial charge on any atom is 0.305 e. The number of nitrogens with zero attached hydrogens (tertiary/aromatic N) is 2. The predicted molar refractivity (Wildman–Crippen MR) is 128 cm³/mol. The first-order valence-corrected chi connectivity index (χ1v) is 11.7. The summed E-state index contributed by atoms with van der Waals surface area (Å²) in [7, 11) is 0. The molecule has 0 aliphatic carbocycles. The molecule has 12 heteroatoms. The van der Waals surface area contributed by atoms with E-state index in [-0.39, 0.29) is 29.8 Å². The van der Waals surface area contributed by atoms with Gasteiger partial charge in [-0.3, -0.25) is 19.2 Å². The molecule has 4 rings (SSSR count). The van der Waals surface area contributed by atoms with E-state index in [2.05, 4.69) is 5.32 Å². The molecule has 8 nitrogen and oxygen atoms in total. The molecular weight excluding hydrogens is 522 g/mol. The molecule has 2 unspecified atom stereocenters. The van der Waals surface area contributed by atoms with Gasteiger partial charge < -0.3 is 20.2 Å². The van der Waals surface area contributed by atoms with Crippen molar-refractivity contribution in [2.75, 3.05) is 13.1 Å². The lowest BCUT2D eigenvalue weighted by Gasteiger charge is -2.31. The number of hydrogen-bond acceptors (Lipinski definition) is 4. The molecule has 0 radical (unpaired) electrons. The molecule has 3 aromatic carbocycles. The molecule has 1 heterocycles. The lowest BCUT2D eigenvalue weighted by molar-refractivity contribution is -0.138. The number of carbonyl (C=O) groups is 4. The number of amides is 3. The molecule has 3 amide bonds. The normalized spacial score (nSPS) is 15.6. The number of carbonyl (C=O) groups excluding carboxylic acids is 3. The number of nitrogens with one attached hydrogen (secondary N) is 1. The largest absolute Gasteiger partial charge is 0.481 e. The Morgan fingerprint density at radius 2 is 1.28 bits per heavy atom. The van der Waals surface area contributed by atoms with Crippen LogP contribution in [0.5, 0.6) is 0 Å². The van der Waals surface area contributed by atoms with Crippen molar-refractivity contribution in [3.63, 3.8) is 0 Å². The van der Waals surface area contributed by atoms with Crippen LogP contribution in [0.3, 0.4) is 0 Å². The number of halogens is 4. The van der Waals surface area contributed by atoms with Crippen molar-refractivity contribution >= 4 is 23.7 Å². The summed E-state index contributed by atoms with van der Waals surface area (Å²) in [5, 5.41) is 11.9. The van der Waals surface area contributed by atoms with Gasteiger partial charge in [0.1, 0.15) is 11.6 Å². The third-order valence-electron chi connectivity index (χ3n) is 6.15. The summed E-state index contributed by atoms with van der Waals surface area (Å²) < 4.78 is 54.1. The molecule has 0 spiro atoms. The van der Waals surface area contributed by atoms with Gasteiger partial charge in [-0.2, -0.15) is 0 Å². The van der Waals surface area contributed by atoms with Crippen molar-refractivity contribution in [1.29, 1.82) is 0 Å². The van der Waals surface area contributed by atoms with E-state index in [0.29, 0.717) is 6.07 Å². The molecule has 1 fully saturated rings. The van der Waals surface area contributed by atoms with Crippen LogP contribution in [0.4, 0.5) is 17.6 Å². The van der Waals surface area contributed by atoms with E-state index in [1.165, 1.54) is 24.3 Å². The van der Waals surface area contributed by atoms with Gasteiger partial charge in [-0.15, -0.1) is 0 Å². The van der Waals surface area contributed by atoms with Crippen LogP contribution in [-0.4, -0.2) is 57.9 Å². The maximum absolute atomic E-state index is 13.8. The van der Waals surface area contributed by atoms with Crippen LogP contribution in [0.1, 0.15) is 38.7 Å². The first-order chi connectivity index (χ1) is 18.5. The average Bonchev–Trinajstić information content (AvgIpc) is 3.35.